The highest BCUT2D eigenvalue weighted by molar-refractivity contribution is 14.0. The number of amides is 1. The minimum atomic E-state index is -0.155. The molecule has 2 saturated heterocycles. The minimum absolute atomic E-state index is 0. The van der Waals surface area contributed by atoms with Crippen molar-refractivity contribution in [2.75, 3.05) is 52.4 Å². The summed E-state index contributed by atoms with van der Waals surface area (Å²) >= 11 is 0. The van der Waals surface area contributed by atoms with E-state index in [-0.39, 0.29) is 47.7 Å². The average Bonchev–Trinajstić information content (AvgIpc) is 2.73. The molecular formula is C21H40IN5O3. The van der Waals surface area contributed by atoms with Crippen LogP contribution >= 0.6 is 24.0 Å². The standard InChI is InChI=1S/C21H39N5O3.HI/c1-3-23-21(26-13-7-8-18(16-26)20(28)29-4-2)24-11-5-6-12-25-14-9-17(10-15-25)19(22)27;/h17-18H,3-16H2,1-2H3,(H2,22,27)(H,23,24);1H. The van der Waals surface area contributed by atoms with Gasteiger partial charge in [0.1, 0.15) is 0 Å². The lowest BCUT2D eigenvalue weighted by Gasteiger charge is -2.34. The van der Waals surface area contributed by atoms with Crippen LogP contribution in [0.1, 0.15) is 52.4 Å². The van der Waals surface area contributed by atoms with E-state index >= 15 is 0 Å². The molecular weight excluding hydrogens is 497 g/mol. The fourth-order valence-electron chi connectivity index (χ4n) is 4.12. The topological polar surface area (TPSA) is 100 Å². The maximum atomic E-state index is 12.1. The van der Waals surface area contributed by atoms with Crippen LogP contribution in [0.4, 0.5) is 0 Å². The number of nitrogens with zero attached hydrogens (tertiary/aromatic N) is 3. The van der Waals surface area contributed by atoms with Gasteiger partial charge in [-0.15, -0.1) is 24.0 Å². The molecule has 3 N–H and O–H groups in total. The zero-order chi connectivity index (χ0) is 21.1. The van der Waals surface area contributed by atoms with Crippen LogP contribution in [-0.2, 0) is 14.3 Å². The van der Waals surface area contributed by atoms with Crippen molar-refractivity contribution >= 4 is 41.8 Å². The number of nitrogens with two attached hydrogens (primary N) is 1. The van der Waals surface area contributed by atoms with Crippen molar-refractivity contribution in [2.24, 2.45) is 22.6 Å². The number of nitrogens with one attached hydrogen (secondary N) is 1. The van der Waals surface area contributed by atoms with Crippen LogP contribution in [0.2, 0.25) is 0 Å². The Morgan fingerprint density at radius 3 is 2.47 bits per heavy atom. The van der Waals surface area contributed by atoms with Crippen molar-refractivity contribution in [2.45, 2.75) is 52.4 Å². The molecule has 1 unspecified atom stereocenters. The van der Waals surface area contributed by atoms with Crippen molar-refractivity contribution in [3.8, 4) is 0 Å². The van der Waals surface area contributed by atoms with Gasteiger partial charge in [-0.1, -0.05) is 0 Å². The van der Waals surface area contributed by atoms with Crippen LogP contribution in [0, 0.1) is 11.8 Å². The third-order valence-corrected chi connectivity index (χ3v) is 5.81. The molecule has 0 aliphatic carbocycles. The number of aliphatic imine (C=N–C) groups is 1. The zero-order valence-corrected chi connectivity index (χ0v) is 20.9. The smallest absolute Gasteiger partial charge is 0.310 e. The first kappa shape index (κ1) is 26.9. The van der Waals surface area contributed by atoms with Gasteiger partial charge in [-0.25, -0.2) is 0 Å². The molecule has 2 fully saturated rings. The summed E-state index contributed by atoms with van der Waals surface area (Å²) in [5.41, 5.74) is 5.40. The third kappa shape index (κ3) is 8.95. The second-order valence-electron chi connectivity index (χ2n) is 8.00. The van der Waals surface area contributed by atoms with Crippen molar-refractivity contribution in [3.05, 3.63) is 0 Å². The number of halogens is 1. The predicted molar refractivity (Wildman–Crippen MR) is 130 cm³/mol. The number of carbonyl (C=O) groups excluding carboxylic acids is 2. The molecule has 0 bridgehead atoms. The number of piperidine rings is 2. The molecule has 0 spiro atoms. The first-order valence-corrected chi connectivity index (χ1v) is 11.3. The fraction of sp³-hybridized carbons (Fsp3) is 0.857. The van der Waals surface area contributed by atoms with E-state index in [0.29, 0.717) is 13.2 Å². The highest BCUT2D eigenvalue weighted by atomic mass is 127. The Hall–Kier alpha value is -1.10. The van der Waals surface area contributed by atoms with Crippen LogP contribution in [-0.4, -0.2) is 80.1 Å². The molecule has 0 aromatic carbocycles. The van der Waals surface area contributed by atoms with Crippen LogP contribution in [0.5, 0.6) is 0 Å². The molecule has 9 heteroatoms. The van der Waals surface area contributed by atoms with E-state index in [0.717, 1.165) is 83.8 Å². The summed E-state index contributed by atoms with van der Waals surface area (Å²) in [7, 11) is 0. The van der Waals surface area contributed by atoms with Gasteiger partial charge in [0.15, 0.2) is 5.96 Å². The van der Waals surface area contributed by atoms with Gasteiger partial charge in [0.2, 0.25) is 5.91 Å². The summed E-state index contributed by atoms with van der Waals surface area (Å²) in [6.07, 6.45) is 5.76. The molecule has 0 aromatic rings. The zero-order valence-electron chi connectivity index (χ0n) is 18.6. The second-order valence-corrected chi connectivity index (χ2v) is 8.00. The number of hydrogen-bond donors (Lipinski definition) is 2. The van der Waals surface area contributed by atoms with Gasteiger partial charge in [-0.2, -0.15) is 0 Å². The first-order valence-electron chi connectivity index (χ1n) is 11.3. The monoisotopic (exact) mass is 537 g/mol. The summed E-state index contributed by atoms with van der Waals surface area (Å²) in [5, 5.41) is 3.37. The van der Waals surface area contributed by atoms with E-state index < -0.39 is 0 Å². The SMILES string of the molecule is CCNC(=NCCCCN1CCC(C(N)=O)CC1)N1CCCC(C(=O)OCC)C1.I. The molecule has 0 radical (unpaired) electrons. The van der Waals surface area contributed by atoms with Crippen molar-refractivity contribution in [1.29, 1.82) is 0 Å². The van der Waals surface area contributed by atoms with Crippen molar-refractivity contribution in [1.82, 2.24) is 15.1 Å². The van der Waals surface area contributed by atoms with Crippen LogP contribution in [0.15, 0.2) is 4.99 Å². The molecule has 2 aliphatic rings. The Kier molecular flexibility index (Phi) is 13.3. The largest absolute Gasteiger partial charge is 0.466 e. The van der Waals surface area contributed by atoms with Gasteiger partial charge in [-0.05, 0) is 72.0 Å². The van der Waals surface area contributed by atoms with E-state index in [1.807, 2.05) is 6.92 Å². The number of esters is 1. The number of guanidine groups is 1. The Balaban J connectivity index is 0.00000450. The molecule has 2 rings (SSSR count). The molecule has 0 saturated carbocycles. The molecule has 1 amide bonds. The summed E-state index contributed by atoms with van der Waals surface area (Å²) in [6.45, 7) is 10.5. The summed E-state index contributed by atoms with van der Waals surface area (Å²) < 4.78 is 5.20. The number of primary amides is 1. The van der Waals surface area contributed by atoms with E-state index in [9.17, 15) is 9.59 Å². The maximum absolute atomic E-state index is 12.1. The Labute approximate surface area is 198 Å². The summed E-state index contributed by atoms with van der Waals surface area (Å²) in [5.74, 6) is 0.659. The number of hydrogen-bond acceptors (Lipinski definition) is 5. The number of carbonyl (C=O) groups is 2. The minimum Gasteiger partial charge on any atom is -0.466 e. The van der Waals surface area contributed by atoms with Gasteiger partial charge in [0.25, 0.3) is 0 Å². The van der Waals surface area contributed by atoms with E-state index in [2.05, 4.69) is 22.0 Å². The van der Waals surface area contributed by atoms with Crippen LogP contribution in [0.3, 0.4) is 0 Å². The van der Waals surface area contributed by atoms with Crippen LogP contribution < -0.4 is 11.1 Å². The first-order chi connectivity index (χ1) is 14.0. The van der Waals surface area contributed by atoms with Gasteiger partial charge >= 0.3 is 5.97 Å². The van der Waals surface area contributed by atoms with Gasteiger partial charge in [-0.3, -0.25) is 14.6 Å². The lowest BCUT2D eigenvalue weighted by Crippen LogP contribution is -2.48. The lowest BCUT2D eigenvalue weighted by molar-refractivity contribution is -0.149. The van der Waals surface area contributed by atoms with Crippen LogP contribution in [0.25, 0.3) is 0 Å². The molecule has 30 heavy (non-hydrogen) atoms. The Bertz CT molecular complexity index is 553. The lowest BCUT2D eigenvalue weighted by atomic mass is 9.96. The van der Waals surface area contributed by atoms with E-state index in [1.54, 1.807) is 0 Å². The van der Waals surface area contributed by atoms with Crippen molar-refractivity contribution < 1.29 is 14.3 Å². The number of rotatable bonds is 9. The van der Waals surface area contributed by atoms with Gasteiger partial charge in [0, 0.05) is 32.1 Å². The summed E-state index contributed by atoms with van der Waals surface area (Å²) in [6, 6.07) is 0. The molecule has 2 heterocycles. The molecule has 174 valence electrons. The second kappa shape index (κ2) is 14.8. The normalized spacial score (nSPS) is 21.1. The highest BCUT2D eigenvalue weighted by Gasteiger charge is 2.28. The highest BCUT2D eigenvalue weighted by Crippen LogP contribution is 2.19. The Morgan fingerprint density at radius 1 is 1.10 bits per heavy atom. The number of ether oxygens (including phenoxy) is 1. The molecule has 0 aromatic heterocycles. The average molecular weight is 537 g/mol. The number of unbranched alkanes of at least 4 members (excludes halogenated alkanes) is 1. The molecule has 2 aliphatic heterocycles. The maximum Gasteiger partial charge on any atom is 0.310 e. The van der Waals surface area contributed by atoms with Crippen molar-refractivity contribution in [3.63, 3.8) is 0 Å². The third-order valence-electron chi connectivity index (χ3n) is 5.81. The van der Waals surface area contributed by atoms with E-state index in [4.69, 9.17) is 15.5 Å². The molecule has 1 atom stereocenters. The number of likely N-dealkylation sites (tertiary alicyclic amines) is 2. The van der Waals surface area contributed by atoms with E-state index in [1.165, 1.54) is 0 Å². The fourth-order valence-corrected chi connectivity index (χ4v) is 4.12. The van der Waals surface area contributed by atoms with Gasteiger partial charge in [0.05, 0.1) is 12.5 Å². The quantitative estimate of drug-likeness (QED) is 0.153. The molecule has 8 nitrogen and oxygen atoms in total. The predicted octanol–water partition coefficient (Wildman–Crippen LogP) is 1.82. The van der Waals surface area contributed by atoms with Gasteiger partial charge < -0.3 is 25.6 Å². The summed E-state index contributed by atoms with van der Waals surface area (Å²) in [4.78, 5) is 32.8. The Morgan fingerprint density at radius 2 is 1.83 bits per heavy atom.